The molecule has 15 heavy (non-hydrogen) atoms. The van der Waals surface area contributed by atoms with E-state index in [9.17, 15) is 0 Å². The monoisotopic (exact) mass is 212 g/mol. The summed E-state index contributed by atoms with van der Waals surface area (Å²) in [6.07, 6.45) is 10.8. The minimum Gasteiger partial charge on any atom is -0.330 e. The SMILES string of the molecule is CC1CCCC(NCCCCCN)CC1. The Morgan fingerprint density at radius 2 is 1.93 bits per heavy atom. The molecule has 0 bridgehead atoms. The van der Waals surface area contributed by atoms with Gasteiger partial charge >= 0.3 is 0 Å². The Morgan fingerprint density at radius 3 is 2.73 bits per heavy atom. The van der Waals surface area contributed by atoms with Gasteiger partial charge < -0.3 is 11.1 Å². The van der Waals surface area contributed by atoms with Crippen molar-refractivity contribution in [2.75, 3.05) is 13.1 Å². The Labute approximate surface area is 95.0 Å². The molecule has 0 amide bonds. The summed E-state index contributed by atoms with van der Waals surface area (Å²) in [4.78, 5) is 0. The van der Waals surface area contributed by atoms with Crippen LogP contribution in [0.25, 0.3) is 0 Å². The fourth-order valence-corrected chi connectivity index (χ4v) is 2.44. The smallest absolute Gasteiger partial charge is 0.00671 e. The van der Waals surface area contributed by atoms with Gasteiger partial charge in [0.2, 0.25) is 0 Å². The molecule has 3 N–H and O–H groups in total. The third kappa shape index (κ3) is 6.16. The summed E-state index contributed by atoms with van der Waals surface area (Å²) in [5.74, 6) is 0.953. The molecule has 0 radical (unpaired) electrons. The van der Waals surface area contributed by atoms with Crippen LogP contribution in [0.1, 0.15) is 58.3 Å². The van der Waals surface area contributed by atoms with Crippen molar-refractivity contribution in [2.45, 2.75) is 64.3 Å². The Bertz CT molecular complexity index is 147. The summed E-state index contributed by atoms with van der Waals surface area (Å²) < 4.78 is 0. The Hall–Kier alpha value is -0.0800. The van der Waals surface area contributed by atoms with Crippen molar-refractivity contribution in [3.8, 4) is 0 Å². The van der Waals surface area contributed by atoms with Gasteiger partial charge in [0.25, 0.3) is 0 Å². The lowest BCUT2D eigenvalue weighted by atomic mass is 10.0. The molecule has 1 aliphatic carbocycles. The second-order valence-electron chi connectivity index (χ2n) is 5.11. The Balaban J connectivity index is 2.00. The van der Waals surface area contributed by atoms with Gasteiger partial charge in [-0.05, 0) is 51.1 Å². The van der Waals surface area contributed by atoms with Crippen molar-refractivity contribution in [1.82, 2.24) is 5.32 Å². The van der Waals surface area contributed by atoms with Crippen molar-refractivity contribution in [1.29, 1.82) is 0 Å². The predicted molar refractivity (Wildman–Crippen MR) is 66.9 cm³/mol. The second-order valence-corrected chi connectivity index (χ2v) is 5.11. The first kappa shape index (κ1) is 13.0. The van der Waals surface area contributed by atoms with Crippen LogP contribution in [0.15, 0.2) is 0 Å². The zero-order valence-corrected chi connectivity index (χ0v) is 10.3. The molecule has 2 heteroatoms. The zero-order valence-electron chi connectivity index (χ0n) is 10.3. The van der Waals surface area contributed by atoms with Crippen LogP contribution in [-0.4, -0.2) is 19.1 Å². The van der Waals surface area contributed by atoms with E-state index in [1.165, 1.54) is 57.9 Å². The molecular formula is C13H28N2. The molecule has 1 saturated carbocycles. The molecule has 1 aliphatic rings. The van der Waals surface area contributed by atoms with Gasteiger partial charge in [-0.2, -0.15) is 0 Å². The first-order valence-corrected chi connectivity index (χ1v) is 6.76. The summed E-state index contributed by atoms with van der Waals surface area (Å²) in [5, 5.41) is 3.70. The van der Waals surface area contributed by atoms with Crippen LogP contribution < -0.4 is 11.1 Å². The van der Waals surface area contributed by atoms with E-state index in [0.29, 0.717) is 0 Å². The average molecular weight is 212 g/mol. The molecule has 0 aromatic heterocycles. The van der Waals surface area contributed by atoms with Crippen LogP contribution in [0.4, 0.5) is 0 Å². The lowest BCUT2D eigenvalue weighted by Crippen LogP contribution is -2.29. The maximum Gasteiger partial charge on any atom is 0.00671 e. The van der Waals surface area contributed by atoms with Gasteiger partial charge in [-0.15, -0.1) is 0 Å². The van der Waals surface area contributed by atoms with E-state index in [1.807, 2.05) is 0 Å². The fraction of sp³-hybridized carbons (Fsp3) is 1.00. The van der Waals surface area contributed by atoms with Crippen LogP contribution in [0, 0.1) is 5.92 Å². The molecule has 90 valence electrons. The van der Waals surface area contributed by atoms with Crippen molar-refractivity contribution in [2.24, 2.45) is 11.7 Å². The second kappa shape index (κ2) is 8.12. The minimum atomic E-state index is 0.799. The molecular weight excluding hydrogens is 184 g/mol. The molecule has 2 atom stereocenters. The quantitative estimate of drug-likeness (QED) is 0.525. The first-order valence-electron chi connectivity index (χ1n) is 6.76. The highest BCUT2D eigenvalue weighted by atomic mass is 14.9. The van der Waals surface area contributed by atoms with Crippen LogP contribution in [0.2, 0.25) is 0 Å². The summed E-state index contributed by atoms with van der Waals surface area (Å²) in [7, 11) is 0. The van der Waals surface area contributed by atoms with Crippen LogP contribution in [-0.2, 0) is 0 Å². The minimum absolute atomic E-state index is 0.799. The lowest BCUT2D eigenvalue weighted by Gasteiger charge is -2.16. The number of unbranched alkanes of at least 4 members (excludes halogenated alkanes) is 2. The third-order valence-corrected chi connectivity index (χ3v) is 3.57. The fourth-order valence-electron chi connectivity index (χ4n) is 2.44. The number of nitrogens with two attached hydrogens (primary N) is 1. The standard InChI is InChI=1S/C13H28N2/c1-12-6-5-7-13(9-8-12)15-11-4-2-3-10-14/h12-13,15H,2-11,14H2,1H3. The van der Waals surface area contributed by atoms with Crippen molar-refractivity contribution < 1.29 is 0 Å². The van der Waals surface area contributed by atoms with E-state index in [1.54, 1.807) is 0 Å². The van der Waals surface area contributed by atoms with Crippen molar-refractivity contribution in [3.63, 3.8) is 0 Å². The van der Waals surface area contributed by atoms with E-state index >= 15 is 0 Å². The zero-order chi connectivity index (χ0) is 10.9. The van der Waals surface area contributed by atoms with E-state index < -0.39 is 0 Å². The molecule has 0 aliphatic heterocycles. The number of hydrogen-bond acceptors (Lipinski definition) is 2. The molecule has 2 nitrogen and oxygen atoms in total. The molecule has 1 rings (SSSR count). The average Bonchev–Trinajstić information content (AvgIpc) is 2.43. The normalized spacial score (nSPS) is 27.6. The number of hydrogen-bond donors (Lipinski definition) is 2. The summed E-state index contributed by atoms with van der Waals surface area (Å²) >= 11 is 0. The largest absolute Gasteiger partial charge is 0.330 e. The van der Waals surface area contributed by atoms with Gasteiger partial charge in [0.05, 0.1) is 0 Å². The van der Waals surface area contributed by atoms with Gasteiger partial charge in [-0.1, -0.05) is 26.2 Å². The Morgan fingerprint density at radius 1 is 1.07 bits per heavy atom. The Kier molecular flexibility index (Phi) is 7.03. The van der Waals surface area contributed by atoms with Crippen molar-refractivity contribution in [3.05, 3.63) is 0 Å². The molecule has 0 aromatic rings. The van der Waals surface area contributed by atoms with Crippen LogP contribution in [0.3, 0.4) is 0 Å². The maximum absolute atomic E-state index is 5.47. The molecule has 2 unspecified atom stereocenters. The summed E-state index contributed by atoms with van der Waals surface area (Å²) in [6.45, 7) is 4.43. The van der Waals surface area contributed by atoms with Crippen molar-refractivity contribution >= 4 is 0 Å². The number of rotatable bonds is 6. The summed E-state index contributed by atoms with van der Waals surface area (Å²) in [6, 6.07) is 0.799. The maximum atomic E-state index is 5.47. The molecule has 0 saturated heterocycles. The number of nitrogens with one attached hydrogen (secondary N) is 1. The first-order chi connectivity index (χ1) is 7.33. The van der Waals surface area contributed by atoms with E-state index in [2.05, 4.69) is 12.2 Å². The summed E-state index contributed by atoms with van der Waals surface area (Å²) in [5.41, 5.74) is 5.47. The lowest BCUT2D eigenvalue weighted by molar-refractivity contribution is 0.440. The highest BCUT2D eigenvalue weighted by Gasteiger charge is 2.14. The predicted octanol–water partition coefficient (Wildman–Crippen LogP) is 2.67. The van der Waals surface area contributed by atoms with Gasteiger partial charge in [-0.25, -0.2) is 0 Å². The third-order valence-electron chi connectivity index (χ3n) is 3.57. The highest BCUT2D eigenvalue weighted by molar-refractivity contribution is 4.73. The molecule has 1 fully saturated rings. The van der Waals surface area contributed by atoms with E-state index in [-0.39, 0.29) is 0 Å². The van der Waals surface area contributed by atoms with Gasteiger partial charge in [0, 0.05) is 6.04 Å². The van der Waals surface area contributed by atoms with Crippen LogP contribution in [0.5, 0.6) is 0 Å². The highest BCUT2D eigenvalue weighted by Crippen LogP contribution is 2.22. The topological polar surface area (TPSA) is 38.0 Å². The van der Waals surface area contributed by atoms with Gasteiger partial charge in [0.15, 0.2) is 0 Å². The van der Waals surface area contributed by atoms with Crippen LogP contribution >= 0.6 is 0 Å². The van der Waals surface area contributed by atoms with E-state index in [4.69, 9.17) is 5.73 Å². The molecule has 0 aromatic carbocycles. The molecule has 0 spiro atoms. The van der Waals surface area contributed by atoms with Gasteiger partial charge in [-0.3, -0.25) is 0 Å². The van der Waals surface area contributed by atoms with Gasteiger partial charge in [0.1, 0.15) is 0 Å². The molecule has 0 heterocycles. The van der Waals surface area contributed by atoms with E-state index in [0.717, 1.165) is 18.5 Å².